The van der Waals surface area contributed by atoms with Gasteiger partial charge in [-0.1, -0.05) is 18.2 Å². The Kier molecular flexibility index (Phi) is 6.56. The van der Waals surface area contributed by atoms with Gasteiger partial charge in [-0.25, -0.2) is 9.59 Å². The van der Waals surface area contributed by atoms with Crippen molar-refractivity contribution < 1.29 is 19.1 Å². The van der Waals surface area contributed by atoms with Gasteiger partial charge in [-0.3, -0.25) is 10.1 Å². The molecule has 1 fully saturated rings. The maximum Gasteiger partial charge on any atom is 0.415 e. The largest absolute Gasteiger partial charge is 0.415 e. The highest BCUT2D eigenvalue weighted by atomic mass is 16.6. The number of hydrogen-bond acceptors (Lipinski definition) is 5. The molecule has 130 valence electrons. The zero-order valence-electron chi connectivity index (χ0n) is 13.4. The summed E-state index contributed by atoms with van der Waals surface area (Å²) < 4.78 is 5.34. The molecule has 0 atom stereocenters. The van der Waals surface area contributed by atoms with Crippen LogP contribution in [0.1, 0.15) is 12.8 Å². The molecule has 1 heterocycles. The number of rotatable bonds is 4. The van der Waals surface area contributed by atoms with E-state index in [4.69, 9.17) is 10.5 Å². The third-order valence-electron chi connectivity index (χ3n) is 3.71. The number of nitrogens with two attached hydrogens (primary N) is 1. The maximum atomic E-state index is 12.2. The molecular weight excluding hydrogens is 312 g/mol. The number of primary amides is 1. The first kappa shape index (κ1) is 17.7. The summed E-state index contributed by atoms with van der Waals surface area (Å²) in [4.78, 5) is 38.0. The smallest absolute Gasteiger partial charge is 0.410 e. The second-order valence-electron chi connectivity index (χ2n) is 5.53. The number of carbonyl (C=O) groups excluding carboxylic acids is 3. The van der Waals surface area contributed by atoms with Gasteiger partial charge in [0.05, 0.1) is 0 Å². The molecule has 1 aliphatic heterocycles. The molecule has 24 heavy (non-hydrogen) atoms. The van der Waals surface area contributed by atoms with Gasteiger partial charge in [0.25, 0.3) is 0 Å². The summed E-state index contributed by atoms with van der Waals surface area (Å²) in [5.41, 5.74) is 4.90. The Hall–Kier alpha value is -2.61. The van der Waals surface area contributed by atoms with Crippen LogP contribution >= 0.6 is 0 Å². The number of benzene rings is 1. The van der Waals surface area contributed by atoms with Crippen LogP contribution in [0.4, 0.5) is 9.59 Å². The molecule has 0 aromatic heterocycles. The summed E-state index contributed by atoms with van der Waals surface area (Å²) in [6.07, 6.45) is 0.619. The van der Waals surface area contributed by atoms with Gasteiger partial charge in [0.15, 0.2) is 0 Å². The molecule has 0 aliphatic carbocycles. The van der Waals surface area contributed by atoms with Gasteiger partial charge in [0.1, 0.15) is 5.75 Å². The lowest BCUT2D eigenvalue weighted by Gasteiger charge is -2.21. The lowest BCUT2D eigenvalue weighted by atomic mass is 10.3. The number of urea groups is 1. The van der Waals surface area contributed by atoms with Crippen LogP contribution in [-0.2, 0) is 4.79 Å². The summed E-state index contributed by atoms with van der Waals surface area (Å²) in [5, 5.41) is 2.04. The normalized spacial score (nSPS) is 15.4. The van der Waals surface area contributed by atoms with Gasteiger partial charge in [0.2, 0.25) is 5.91 Å². The van der Waals surface area contributed by atoms with Crippen LogP contribution in [0.15, 0.2) is 30.3 Å². The van der Waals surface area contributed by atoms with E-state index in [1.54, 1.807) is 17.0 Å². The van der Waals surface area contributed by atoms with Gasteiger partial charge in [-0.05, 0) is 25.1 Å². The number of carbonyl (C=O) groups is 3. The molecule has 0 radical (unpaired) electrons. The molecule has 8 nitrogen and oxygen atoms in total. The van der Waals surface area contributed by atoms with E-state index >= 15 is 0 Å². The van der Waals surface area contributed by atoms with E-state index in [0.29, 0.717) is 31.9 Å². The van der Waals surface area contributed by atoms with Crippen LogP contribution < -0.4 is 15.8 Å². The van der Waals surface area contributed by atoms with Crippen LogP contribution in [0.2, 0.25) is 0 Å². The van der Waals surface area contributed by atoms with E-state index in [1.165, 1.54) is 0 Å². The van der Waals surface area contributed by atoms with E-state index in [9.17, 15) is 14.4 Å². The number of nitrogens with one attached hydrogen (secondary N) is 1. The molecule has 1 saturated heterocycles. The summed E-state index contributed by atoms with van der Waals surface area (Å²) >= 11 is 0. The Balaban J connectivity index is 1.76. The van der Waals surface area contributed by atoms with Crippen LogP contribution in [0.5, 0.6) is 5.75 Å². The van der Waals surface area contributed by atoms with Crippen LogP contribution in [0.25, 0.3) is 0 Å². The highest BCUT2D eigenvalue weighted by Gasteiger charge is 2.21. The van der Waals surface area contributed by atoms with Crippen LogP contribution in [0.3, 0.4) is 0 Å². The fourth-order valence-electron chi connectivity index (χ4n) is 2.49. The molecule has 0 bridgehead atoms. The molecule has 1 aromatic carbocycles. The van der Waals surface area contributed by atoms with Crippen molar-refractivity contribution in [1.29, 1.82) is 0 Å². The topological polar surface area (TPSA) is 105 Å². The fourth-order valence-corrected chi connectivity index (χ4v) is 2.49. The lowest BCUT2D eigenvalue weighted by molar-refractivity contribution is -0.120. The standard InChI is InChI=1S/C16H22N4O4/c17-15(22)18-14(21)7-10-19-8-4-9-20(12-11-19)16(23)24-13-5-2-1-3-6-13/h1-3,5-6H,4,7-12H2,(H3,17,18,21,22). The summed E-state index contributed by atoms with van der Waals surface area (Å²) in [5.74, 6) is 0.124. The van der Waals surface area contributed by atoms with Gasteiger partial charge in [-0.15, -0.1) is 0 Å². The molecule has 2 rings (SSSR count). The Morgan fingerprint density at radius 1 is 1.08 bits per heavy atom. The van der Waals surface area contributed by atoms with Crippen molar-refractivity contribution in [2.24, 2.45) is 5.73 Å². The van der Waals surface area contributed by atoms with E-state index in [2.05, 4.69) is 4.90 Å². The number of nitrogens with zero attached hydrogens (tertiary/aromatic N) is 2. The molecule has 1 aromatic rings. The zero-order chi connectivity index (χ0) is 17.4. The first-order chi connectivity index (χ1) is 11.5. The Bertz CT molecular complexity index is 579. The third-order valence-corrected chi connectivity index (χ3v) is 3.71. The molecule has 1 aliphatic rings. The van der Waals surface area contributed by atoms with Crippen molar-refractivity contribution in [3.05, 3.63) is 30.3 Å². The van der Waals surface area contributed by atoms with E-state index < -0.39 is 11.9 Å². The molecule has 0 spiro atoms. The zero-order valence-corrected chi connectivity index (χ0v) is 13.4. The van der Waals surface area contributed by atoms with Crippen molar-refractivity contribution in [2.75, 3.05) is 32.7 Å². The second-order valence-corrected chi connectivity index (χ2v) is 5.53. The molecule has 0 unspecified atom stereocenters. The third kappa shape index (κ3) is 5.88. The molecule has 4 amide bonds. The van der Waals surface area contributed by atoms with E-state index in [0.717, 1.165) is 13.0 Å². The van der Waals surface area contributed by atoms with Gasteiger partial charge < -0.3 is 20.3 Å². The quantitative estimate of drug-likeness (QED) is 0.846. The highest BCUT2D eigenvalue weighted by molar-refractivity contribution is 5.93. The van der Waals surface area contributed by atoms with Crippen LogP contribution in [0, 0.1) is 0 Å². The second kappa shape index (κ2) is 8.88. The Labute approximate surface area is 140 Å². The average Bonchev–Trinajstić information content (AvgIpc) is 2.79. The summed E-state index contributed by atoms with van der Waals surface area (Å²) in [7, 11) is 0. The van der Waals surface area contributed by atoms with Gasteiger partial charge >= 0.3 is 12.1 Å². The predicted octanol–water partition coefficient (Wildman–Crippen LogP) is 0.778. The Morgan fingerprint density at radius 2 is 1.83 bits per heavy atom. The SMILES string of the molecule is NC(=O)NC(=O)CCN1CCCN(C(=O)Oc2ccccc2)CC1. The first-order valence-electron chi connectivity index (χ1n) is 7.88. The maximum absolute atomic E-state index is 12.2. The minimum Gasteiger partial charge on any atom is -0.410 e. The fraction of sp³-hybridized carbons (Fsp3) is 0.438. The number of imide groups is 1. The highest BCUT2D eigenvalue weighted by Crippen LogP contribution is 2.12. The van der Waals surface area contributed by atoms with Crippen molar-refractivity contribution in [3.63, 3.8) is 0 Å². The predicted molar refractivity (Wildman–Crippen MR) is 87.4 cm³/mol. The number of hydrogen-bond donors (Lipinski definition) is 2. The minimum absolute atomic E-state index is 0.192. The molecule has 3 N–H and O–H groups in total. The van der Waals surface area contributed by atoms with Crippen molar-refractivity contribution in [2.45, 2.75) is 12.8 Å². The lowest BCUT2D eigenvalue weighted by Crippen LogP contribution is -2.39. The monoisotopic (exact) mass is 334 g/mol. The van der Waals surface area contributed by atoms with Crippen molar-refractivity contribution >= 4 is 18.0 Å². The average molecular weight is 334 g/mol. The first-order valence-corrected chi connectivity index (χ1v) is 7.88. The molecule has 8 heteroatoms. The van der Waals surface area contributed by atoms with E-state index in [-0.39, 0.29) is 12.5 Å². The number of ether oxygens (including phenoxy) is 1. The number of amides is 4. The molecule has 0 saturated carbocycles. The van der Waals surface area contributed by atoms with Crippen molar-refractivity contribution in [1.82, 2.24) is 15.1 Å². The number of para-hydroxylation sites is 1. The minimum atomic E-state index is -0.842. The summed E-state index contributed by atoms with van der Waals surface area (Å²) in [6, 6.07) is 8.10. The van der Waals surface area contributed by atoms with Crippen molar-refractivity contribution in [3.8, 4) is 5.75 Å². The molecular formula is C16H22N4O4. The van der Waals surface area contributed by atoms with Gasteiger partial charge in [-0.2, -0.15) is 0 Å². The van der Waals surface area contributed by atoms with Gasteiger partial charge in [0, 0.05) is 32.6 Å². The van der Waals surface area contributed by atoms with E-state index in [1.807, 2.05) is 23.5 Å². The summed E-state index contributed by atoms with van der Waals surface area (Å²) in [6.45, 7) is 3.08. The Morgan fingerprint density at radius 3 is 2.54 bits per heavy atom. The van der Waals surface area contributed by atoms with Crippen LogP contribution in [-0.4, -0.2) is 60.6 Å².